The van der Waals surface area contributed by atoms with Crippen molar-refractivity contribution in [1.82, 2.24) is 0 Å². The molecule has 6 heteroatoms. The highest BCUT2D eigenvalue weighted by molar-refractivity contribution is 6.38. The van der Waals surface area contributed by atoms with Crippen LogP contribution in [0.4, 0.5) is 5.69 Å². The van der Waals surface area contributed by atoms with Gasteiger partial charge < -0.3 is 10.1 Å². The van der Waals surface area contributed by atoms with E-state index in [0.29, 0.717) is 22.0 Å². The van der Waals surface area contributed by atoms with Gasteiger partial charge in [0.2, 0.25) is 0 Å². The van der Waals surface area contributed by atoms with Crippen LogP contribution in [-0.4, -0.2) is 13.0 Å². The number of benzene rings is 2. The SMILES string of the molecule is COc1c(Cl)cc(C(=O)Nc2ccc(C)c(Cl)c2)cc1Cl. The second-order valence-corrected chi connectivity index (χ2v) is 5.61. The highest BCUT2D eigenvalue weighted by Crippen LogP contribution is 2.34. The number of ether oxygens (including phenoxy) is 1. The Bertz CT molecular complexity index is 678. The van der Waals surface area contributed by atoms with Crippen LogP contribution in [0.3, 0.4) is 0 Å². The van der Waals surface area contributed by atoms with Gasteiger partial charge in [-0.1, -0.05) is 40.9 Å². The zero-order chi connectivity index (χ0) is 15.6. The summed E-state index contributed by atoms with van der Waals surface area (Å²) in [5, 5.41) is 3.87. The fourth-order valence-electron chi connectivity index (χ4n) is 1.76. The number of nitrogens with one attached hydrogen (secondary N) is 1. The van der Waals surface area contributed by atoms with E-state index in [9.17, 15) is 4.79 Å². The summed E-state index contributed by atoms with van der Waals surface area (Å²) >= 11 is 18.1. The van der Waals surface area contributed by atoms with Crippen LogP contribution in [-0.2, 0) is 0 Å². The molecule has 0 bridgehead atoms. The Kier molecular flexibility index (Phi) is 4.99. The van der Waals surface area contributed by atoms with Crippen molar-refractivity contribution >= 4 is 46.4 Å². The summed E-state index contributed by atoms with van der Waals surface area (Å²) < 4.78 is 5.04. The van der Waals surface area contributed by atoms with Crippen LogP contribution < -0.4 is 10.1 Å². The highest BCUT2D eigenvalue weighted by atomic mass is 35.5. The van der Waals surface area contributed by atoms with E-state index in [2.05, 4.69) is 5.32 Å². The van der Waals surface area contributed by atoms with Gasteiger partial charge in [0.05, 0.1) is 17.2 Å². The lowest BCUT2D eigenvalue weighted by Gasteiger charge is -2.10. The van der Waals surface area contributed by atoms with Crippen molar-refractivity contribution in [2.45, 2.75) is 6.92 Å². The first-order valence-electron chi connectivity index (χ1n) is 6.03. The fourth-order valence-corrected chi connectivity index (χ4v) is 2.58. The lowest BCUT2D eigenvalue weighted by molar-refractivity contribution is 0.102. The van der Waals surface area contributed by atoms with Crippen molar-refractivity contribution in [3.63, 3.8) is 0 Å². The van der Waals surface area contributed by atoms with E-state index in [0.717, 1.165) is 5.56 Å². The summed E-state index contributed by atoms with van der Waals surface area (Å²) in [7, 11) is 1.46. The summed E-state index contributed by atoms with van der Waals surface area (Å²) in [6, 6.07) is 8.27. The maximum atomic E-state index is 12.2. The van der Waals surface area contributed by atoms with Crippen molar-refractivity contribution in [2.75, 3.05) is 12.4 Å². The molecular weight excluding hydrogens is 333 g/mol. The van der Waals surface area contributed by atoms with E-state index in [4.69, 9.17) is 39.5 Å². The van der Waals surface area contributed by atoms with E-state index in [1.54, 1.807) is 12.1 Å². The summed E-state index contributed by atoms with van der Waals surface area (Å²) in [6.07, 6.45) is 0. The average Bonchev–Trinajstić information content (AvgIpc) is 2.42. The first-order chi connectivity index (χ1) is 9.92. The lowest BCUT2D eigenvalue weighted by atomic mass is 10.2. The number of hydrogen-bond donors (Lipinski definition) is 1. The maximum absolute atomic E-state index is 12.2. The Morgan fingerprint density at radius 2 is 1.67 bits per heavy atom. The molecule has 0 heterocycles. The Morgan fingerprint density at radius 3 is 2.19 bits per heavy atom. The molecule has 0 aliphatic carbocycles. The van der Waals surface area contributed by atoms with E-state index in [-0.39, 0.29) is 16.0 Å². The van der Waals surface area contributed by atoms with Crippen LogP contribution in [0.1, 0.15) is 15.9 Å². The third kappa shape index (κ3) is 3.62. The third-order valence-electron chi connectivity index (χ3n) is 2.89. The molecule has 0 saturated carbocycles. The molecule has 1 amide bonds. The lowest BCUT2D eigenvalue weighted by Crippen LogP contribution is -2.12. The van der Waals surface area contributed by atoms with Gasteiger partial charge in [-0.3, -0.25) is 4.79 Å². The molecule has 0 atom stereocenters. The molecule has 2 aromatic rings. The summed E-state index contributed by atoms with van der Waals surface area (Å²) in [5.41, 5.74) is 1.87. The van der Waals surface area contributed by atoms with E-state index < -0.39 is 0 Å². The molecule has 21 heavy (non-hydrogen) atoms. The predicted octanol–water partition coefficient (Wildman–Crippen LogP) is 5.22. The van der Waals surface area contributed by atoms with E-state index >= 15 is 0 Å². The predicted molar refractivity (Wildman–Crippen MR) is 87.2 cm³/mol. The van der Waals surface area contributed by atoms with Gasteiger partial charge in [-0.25, -0.2) is 0 Å². The number of hydrogen-bond acceptors (Lipinski definition) is 2. The van der Waals surface area contributed by atoms with Gasteiger partial charge in [0.15, 0.2) is 5.75 Å². The van der Waals surface area contributed by atoms with Crippen molar-refractivity contribution in [3.8, 4) is 5.75 Å². The normalized spacial score (nSPS) is 10.3. The van der Waals surface area contributed by atoms with Gasteiger partial charge in [0.25, 0.3) is 5.91 Å². The Labute approximate surface area is 137 Å². The van der Waals surface area contributed by atoms with Crippen LogP contribution in [0.25, 0.3) is 0 Å². The molecule has 1 N–H and O–H groups in total. The molecule has 0 aromatic heterocycles. The number of anilines is 1. The molecule has 110 valence electrons. The molecule has 0 radical (unpaired) electrons. The van der Waals surface area contributed by atoms with Crippen molar-refractivity contribution in [2.24, 2.45) is 0 Å². The summed E-state index contributed by atoms with van der Waals surface area (Å²) in [6.45, 7) is 1.89. The van der Waals surface area contributed by atoms with Crippen LogP contribution in [0.5, 0.6) is 5.75 Å². The minimum Gasteiger partial charge on any atom is -0.494 e. The molecule has 0 unspecified atom stereocenters. The quantitative estimate of drug-likeness (QED) is 0.829. The van der Waals surface area contributed by atoms with Gasteiger partial charge in [0.1, 0.15) is 0 Å². The molecule has 0 aliphatic heterocycles. The molecule has 0 saturated heterocycles. The van der Waals surface area contributed by atoms with Crippen LogP contribution >= 0.6 is 34.8 Å². The van der Waals surface area contributed by atoms with Gasteiger partial charge >= 0.3 is 0 Å². The smallest absolute Gasteiger partial charge is 0.255 e. The van der Waals surface area contributed by atoms with Crippen LogP contribution in [0.15, 0.2) is 30.3 Å². The Balaban J connectivity index is 2.26. The standard InChI is InChI=1S/C15H12Cl3NO2/c1-8-3-4-10(7-11(8)16)19-15(20)9-5-12(17)14(21-2)13(18)6-9/h3-7H,1-2H3,(H,19,20). The number of carbonyl (C=O) groups is 1. The van der Waals surface area contributed by atoms with Gasteiger partial charge in [-0.2, -0.15) is 0 Å². The Hall–Kier alpha value is -1.42. The average molecular weight is 345 g/mol. The van der Waals surface area contributed by atoms with Gasteiger partial charge in [-0.05, 0) is 36.8 Å². The molecule has 0 spiro atoms. The molecular formula is C15H12Cl3NO2. The largest absolute Gasteiger partial charge is 0.494 e. The zero-order valence-corrected chi connectivity index (χ0v) is 13.6. The monoisotopic (exact) mass is 343 g/mol. The maximum Gasteiger partial charge on any atom is 0.255 e. The van der Waals surface area contributed by atoms with Crippen LogP contribution in [0, 0.1) is 6.92 Å². The van der Waals surface area contributed by atoms with Crippen molar-refractivity contribution < 1.29 is 9.53 Å². The molecule has 3 nitrogen and oxygen atoms in total. The van der Waals surface area contributed by atoms with Gasteiger partial charge in [-0.15, -0.1) is 0 Å². The number of carbonyl (C=O) groups excluding carboxylic acids is 1. The first-order valence-corrected chi connectivity index (χ1v) is 7.16. The topological polar surface area (TPSA) is 38.3 Å². The molecule has 0 aliphatic rings. The fraction of sp³-hybridized carbons (Fsp3) is 0.133. The summed E-state index contributed by atoms with van der Waals surface area (Å²) in [4.78, 5) is 12.2. The van der Waals surface area contributed by atoms with Crippen molar-refractivity contribution in [3.05, 3.63) is 56.5 Å². The van der Waals surface area contributed by atoms with Crippen molar-refractivity contribution in [1.29, 1.82) is 0 Å². The molecule has 2 rings (SSSR count). The van der Waals surface area contributed by atoms with E-state index in [1.165, 1.54) is 19.2 Å². The third-order valence-corrected chi connectivity index (χ3v) is 3.86. The second-order valence-electron chi connectivity index (χ2n) is 4.39. The van der Waals surface area contributed by atoms with E-state index in [1.807, 2.05) is 13.0 Å². The number of amides is 1. The number of aryl methyl sites for hydroxylation is 1. The zero-order valence-electron chi connectivity index (χ0n) is 11.3. The minimum absolute atomic E-state index is 0.275. The number of methoxy groups -OCH3 is 1. The Morgan fingerprint density at radius 1 is 1.05 bits per heavy atom. The van der Waals surface area contributed by atoms with Crippen LogP contribution in [0.2, 0.25) is 15.1 Å². The highest BCUT2D eigenvalue weighted by Gasteiger charge is 2.14. The number of halogens is 3. The molecule has 0 fully saturated rings. The first kappa shape index (κ1) is 16.0. The van der Waals surface area contributed by atoms with Gasteiger partial charge in [0, 0.05) is 16.3 Å². The summed E-state index contributed by atoms with van der Waals surface area (Å²) in [5.74, 6) is 0.00892. The second kappa shape index (κ2) is 6.56. The molecule has 2 aromatic carbocycles. The minimum atomic E-state index is -0.332. The number of rotatable bonds is 3.